The fraction of sp³-hybridized carbons (Fsp3) is 0.800. The van der Waals surface area contributed by atoms with Crippen molar-refractivity contribution < 1.29 is 14.7 Å². The van der Waals surface area contributed by atoms with Crippen LogP contribution in [0.4, 0.5) is 0 Å². The zero-order valence-electron chi connectivity index (χ0n) is 9.10. The van der Waals surface area contributed by atoms with Gasteiger partial charge in [-0.3, -0.25) is 9.59 Å². The van der Waals surface area contributed by atoms with Crippen molar-refractivity contribution in [3.63, 3.8) is 0 Å². The third-order valence-electron chi connectivity index (χ3n) is 2.79. The quantitative estimate of drug-likeness (QED) is 0.781. The second kappa shape index (κ2) is 5.39. The molecule has 0 aromatic heterocycles. The third kappa shape index (κ3) is 3.74. The molecule has 1 aliphatic heterocycles. The maximum absolute atomic E-state index is 11.6. The molecule has 1 amide bonds. The first-order valence-electron chi connectivity index (χ1n) is 5.08. The minimum Gasteiger partial charge on any atom is -0.481 e. The Kier molecular flexibility index (Phi) is 4.45. The van der Waals surface area contributed by atoms with Gasteiger partial charge in [-0.2, -0.15) is 0 Å². The van der Waals surface area contributed by atoms with Gasteiger partial charge in [0.2, 0.25) is 5.91 Å². The van der Waals surface area contributed by atoms with Crippen molar-refractivity contribution in [1.82, 2.24) is 4.90 Å². The van der Waals surface area contributed by atoms with E-state index in [0.29, 0.717) is 11.8 Å². The Hall–Kier alpha value is -0.710. The van der Waals surface area contributed by atoms with Crippen molar-refractivity contribution in [3.8, 4) is 0 Å². The van der Waals surface area contributed by atoms with Gasteiger partial charge in [0.05, 0.1) is 11.5 Å². The molecule has 2 unspecified atom stereocenters. The number of carbonyl (C=O) groups excluding carboxylic acids is 1. The van der Waals surface area contributed by atoms with Crippen LogP contribution in [0.25, 0.3) is 0 Å². The Morgan fingerprint density at radius 2 is 1.80 bits per heavy atom. The molecule has 86 valence electrons. The van der Waals surface area contributed by atoms with Gasteiger partial charge in [-0.05, 0) is 11.8 Å². The average molecular weight is 231 g/mol. The first-order chi connectivity index (χ1) is 7.00. The van der Waals surface area contributed by atoms with Crippen molar-refractivity contribution in [1.29, 1.82) is 0 Å². The van der Waals surface area contributed by atoms with E-state index in [0.717, 1.165) is 13.1 Å². The molecule has 0 aromatic carbocycles. The monoisotopic (exact) mass is 231 g/mol. The number of thioether (sulfide) groups is 1. The van der Waals surface area contributed by atoms with Crippen LogP contribution in [0, 0.1) is 11.8 Å². The van der Waals surface area contributed by atoms with Crippen LogP contribution < -0.4 is 0 Å². The van der Waals surface area contributed by atoms with E-state index in [1.807, 2.05) is 4.90 Å². The molecule has 1 N–H and O–H groups in total. The highest BCUT2D eigenvalue weighted by Gasteiger charge is 2.28. The molecule has 1 heterocycles. The van der Waals surface area contributed by atoms with Gasteiger partial charge in [-0.15, -0.1) is 11.8 Å². The molecule has 15 heavy (non-hydrogen) atoms. The van der Waals surface area contributed by atoms with Crippen LogP contribution in [-0.2, 0) is 9.59 Å². The zero-order chi connectivity index (χ0) is 11.4. The summed E-state index contributed by atoms with van der Waals surface area (Å²) in [6.07, 6.45) is 0. The molecule has 0 radical (unpaired) electrons. The van der Waals surface area contributed by atoms with Crippen molar-refractivity contribution >= 4 is 23.6 Å². The summed E-state index contributed by atoms with van der Waals surface area (Å²) >= 11 is 1.17. The second-order valence-electron chi connectivity index (χ2n) is 4.14. The van der Waals surface area contributed by atoms with Crippen LogP contribution in [0.3, 0.4) is 0 Å². The van der Waals surface area contributed by atoms with E-state index in [4.69, 9.17) is 5.11 Å². The van der Waals surface area contributed by atoms with Crippen LogP contribution in [0.5, 0.6) is 0 Å². The van der Waals surface area contributed by atoms with Gasteiger partial charge in [0, 0.05) is 13.1 Å². The molecular weight excluding hydrogens is 214 g/mol. The Morgan fingerprint density at radius 3 is 2.27 bits per heavy atom. The fourth-order valence-electron chi connectivity index (χ4n) is 1.65. The predicted octanol–water partition coefficient (Wildman–Crippen LogP) is 0.919. The highest BCUT2D eigenvalue weighted by molar-refractivity contribution is 8.00. The minimum atomic E-state index is -0.865. The smallest absolute Gasteiger partial charge is 0.313 e. The summed E-state index contributed by atoms with van der Waals surface area (Å²) in [6.45, 7) is 5.91. The van der Waals surface area contributed by atoms with Gasteiger partial charge >= 0.3 is 5.97 Å². The number of carboxylic acids is 1. The van der Waals surface area contributed by atoms with Gasteiger partial charge in [-0.1, -0.05) is 13.8 Å². The summed E-state index contributed by atoms with van der Waals surface area (Å²) in [7, 11) is 0. The van der Waals surface area contributed by atoms with Crippen LogP contribution in [0.2, 0.25) is 0 Å². The predicted molar refractivity (Wildman–Crippen MR) is 59.9 cm³/mol. The molecule has 5 heteroatoms. The highest BCUT2D eigenvalue weighted by atomic mass is 32.2. The Bertz CT molecular complexity index is 247. The molecule has 1 saturated heterocycles. The lowest BCUT2D eigenvalue weighted by atomic mass is 10.0. The number of carbonyl (C=O) groups is 2. The number of rotatable bonds is 4. The highest BCUT2D eigenvalue weighted by Crippen LogP contribution is 2.22. The lowest BCUT2D eigenvalue weighted by Gasteiger charge is -2.15. The maximum Gasteiger partial charge on any atom is 0.313 e. The number of hydrogen-bond acceptors (Lipinski definition) is 3. The molecule has 1 fully saturated rings. The summed E-state index contributed by atoms with van der Waals surface area (Å²) in [5.74, 6) is 0.599. The van der Waals surface area contributed by atoms with E-state index in [1.54, 1.807) is 0 Å². The molecule has 0 aliphatic carbocycles. The number of likely N-dealkylation sites (tertiary alicyclic amines) is 1. The van der Waals surface area contributed by atoms with E-state index in [1.165, 1.54) is 11.8 Å². The SMILES string of the molecule is CC1CN(C(=O)CSCC(=O)O)CC1C. The summed E-state index contributed by atoms with van der Waals surface area (Å²) in [5.41, 5.74) is 0. The molecule has 0 aromatic rings. The molecule has 2 atom stereocenters. The molecular formula is C10H17NO3S. The van der Waals surface area contributed by atoms with E-state index in [9.17, 15) is 9.59 Å². The largest absolute Gasteiger partial charge is 0.481 e. The maximum atomic E-state index is 11.6. The first-order valence-corrected chi connectivity index (χ1v) is 6.23. The molecule has 4 nitrogen and oxygen atoms in total. The third-order valence-corrected chi connectivity index (χ3v) is 3.69. The van der Waals surface area contributed by atoms with Crippen molar-refractivity contribution in [2.75, 3.05) is 24.6 Å². The summed E-state index contributed by atoms with van der Waals surface area (Å²) < 4.78 is 0. The second-order valence-corrected chi connectivity index (χ2v) is 5.13. The fourth-order valence-corrected chi connectivity index (χ4v) is 2.28. The Balaban J connectivity index is 2.26. The minimum absolute atomic E-state index is 0.00465. The normalized spacial score (nSPS) is 25.6. The summed E-state index contributed by atoms with van der Waals surface area (Å²) in [4.78, 5) is 23.7. The topological polar surface area (TPSA) is 57.6 Å². The van der Waals surface area contributed by atoms with Crippen LogP contribution >= 0.6 is 11.8 Å². The zero-order valence-corrected chi connectivity index (χ0v) is 9.92. The average Bonchev–Trinajstić information content (AvgIpc) is 2.46. The Morgan fingerprint density at radius 1 is 1.27 bits per heavy atom. The van der Waals surface area contributed by atoms with Crippen LogP contribution in [0.15, 0.2) is 0 Å². The van der Waals surface area contributed by atoms with E-state index in [-0.39, 0.29) is 17.4 Å². The summed E-state index contributed by atoms with van der Waals surface area (Å²) in [5, 5.41) is 8.43. The van der Waals surface area contributed by atoms with Gasteiger partial charge in [0.15, 0.2) is 0 Å². The van der Waals surface area contributed by atoms with Crippen LogP contribution in [-0.4, -0.2) is 46.5 Å². The molecule has 1 rings (SSSR count). The van der Waals surface area contributed by atoms with Crippen molar-refractivity contribution in [2.24, 2.45) is 11.8 Å². The standard InChI is InChI=1S/C10H17NO3S/c1-7-3-11(4-8(7)2)9(12)5-15-6-10(13)14/h7-8H,3-6H2,1-2H3,(H,13,14). The van der Waals surface area contributed by atoms with Gasteiger partial charge < -0.3 is 10.0 Å². The molecule has 1 aliphatic rings. The van der Waals surface area contributed by atoms with Gasteiger partial charge in [0.1, 0.15) is 0 Å². The molecule has 0 spiro atoms. The summed E-state index contributed by atoms with van der Waals surface area (Å²) in [6, 6.07) is 0. The van der Waals surface area contributed by atoms with E-state index >= 15 is 0 Å². The van der Waals surface area contributed by atoms with Crippen LogP contribution in [0.1, 0.15) is 13.8 Å². The Labute approximate surface area is 94.0 Å². The number of nitrogens with zero attached hydrogens (tertiary/aromatic N) is 1. The van der Waals surface area contributed by atoms with E-state index < -0.39 is 5.97 Å². The van der Waals surface area contributed by atoms with Gasteiger partial charge in [-0.25, -0.2) is 0 Å². The molecule has 0 bridgehead atoms. The lowest BCUT2D eigenvalue weighted by Crippen LogP contribution is -2.30. The van der Waals surface area contributed by atoms with Crippen molar-refractivity contribution in [3.05, 3.63) is 0 Å². The number of amides is 1. The number of aliphatic carboxylic acids is 1. The number of hydrogen-bond donors (Lipinski definition) is 1. The van der Waals surface area contributed by atoms with Gasteiger partial charge in [0.25, 0.3) is 0 Å². The van der Waals surface area contributed by atoms with Crippen molar-refractivity contribution in [2.45, 2.75) is 13.8 Å². The lowest BCUT2D eigenvalue weighted by molar-refractivity contribution is -0.133. The number of carboxylic acid groups (broad SMARTS) is 1. The molecule has 0 saturated carbocycles. The first kappa shape index (κ1) is 12.4. The van der Waals surface area contributed by atoms with E-state index in [2.05, 4.69) is 13.8 Å².